The van der Waals surface area contributed by atoms with Gasteiger partial charge in [0, 0.05) is 0 Å². The molecule has 0 atom stereocenters. The van der Waals surface area contributed by atoms with Crippen LogP contribution in [0.5, 0.6) is 0 Å². The van der Waals surface area contributed by atoms with Gasteiger partial charge in [-0.1, -0.05) is 11.8 Å². The highest BCUT2D eigenvalue weighted by Crippen LogP contribution is 2.20. The third-order valence-corrected chi connectivity index (χ3v) is 1.87. The van der Waals surface area contributed by atoms with Gasteiger partial charge in [0.1, 0.15) is 5.57 Å². The van der Waals surface area contributed by atoms with Crippen molar-refractivity contribution in [3.05, 3.63) is 11.8 Å². The minimum Gasteiger partial charge on any atom is -0.515 e. The van der Waals surface area contributed by atoms with Gasteiger partial charge in [-0.2, -0.15) is 0 Å². The number of aliphatic hydroxyl groups excluding tert-OH is 1. The predicted molar refractivity (Wildman–Crippen MR) is 33.2 cm³/mol. The molecule has 1 rings (SSSR count). The fourth-order valence-corrected chi connectivity index (χ4v) is 1.26. The summed E-state index contributed by atoms with van der Waals surface area (Å²) in [7, 11) is 0. The van der Waals surface area contributed by atoms with Crippen LogP contribution in [0.4, 0.5) is 0 Å². The molecule has 4 heteroatoms. The van der Waals surface area contributed by atoms with E-state index in [4.69, 9.17) is 5.11 Å². The summed E-state index contributed by atoms with van der Waals surface area (Å²) in [5.74, 6) is -0.113. The van der Waals surface area contributed by atoms with Gasteiger partial charge in [-0.3, -0.25) is 9.59 Å². The van der Waals surface area contributed by atoms with Crippen LogP contribution in [0, 0.1) is 0 Å². The van der Waals surface area contributed by atoms with Crippen LogP contribution in [-0.4, -0.2) is 21.8 Å². The van der Waals surface area contributed by atoms with Crippen molar-refractivity contribution < 1.29 is 14.7 Å². The lowest BCUT2D eigenvalue weighted by Crippen LogP contribution is -1.99. The zero-order valence-electron chi connectivity index (χ0n) is 4.46. The molecule has 0 spiro atoms. The maximum atomic E-state index is 10.5. The fourth-order valence-electron chi connectivity index (χ4n) is 0.525. The highest BCUT2D eigenvalue weighted by Gasteiger charge is 2.26. The molecule has 0 aromatic carbocycles. The van der Waals surface area contributed by atoms with E-state index in [1.54, 1.807) is 0 Å². The average Bonchev–Trinajstić information content (AvgIpc) is 2.12. The van der Waals surface area contributed by atoms with Gasteiger partial charge in [-0.25, -0.2) is 0 Å². The van der Waals surface area contributed by atoms with E-state index in [0.29, 0.717) is 6.26 Å². The van der Waals surface area contributed by atoms with E-state index < -0.39 is 0 Å². The monoisotopic (exact) mass is 144 g/mol. The molecule has 0 bridgehead atoms. The van der Waals surface area contributed by atoms with Gasteiger partial charge in [-0.15, -0.1) is 0 Å². The second-order valence-corrected chi connectivity index (χ2v) is 2.49. The second-order valence-electron chi connectivity index (χ2n) is 1.54. The van der Waals surface area contributed by atoms with Crippen molar-refractivity contribution in [2.24, 2.45) is 0 Å². The maximum Gasteiger partial charge on any atom is 0.226 e. The first-order valence-corrected chi connectivity index (χ1v) is 3.29. The number of carbonyl (C=O) groups excluding carboxylic acids is 2. The number of aliphatic hydroxyl groups is 1. The molecule has 0 unspecified atom stereocenters. The number of hydrogen-bond acceptors (Lipinski definition) is 4. The molecule has 0 radical (unpaired) electrons. The molecule has 3 nitrogen and oxygen atoms in total. The normalized spacial score (nSPS) is 23.8. The van der Waals surface area contributed by atoms with Crippen LogP contribution in [0.25, 0.3) is 0 Å². The lowest BCUT2D eigenvalue weighted by atomic mass is 10.2. The quantitative estimate of drug-likeness (QED) is 0.301. The highest BCUT2D eigenvalue weighted by molar-refractivity contribution is 8.15. The Morgan fingerprint density at radius 2 is 2.22 bits per heavy atom. The number of thioether (sulfide) groups is 1. The molecule has 0 aromatic heterocycles. The number of rotatable bonds is 0. The summed E-state index contributed by atoms with van der Waals surface area (Å²) >= 11 is 0.921. The van der Waals surface area contributed by atoms with E-state index in [2.05, 4.69) is 0 Å². The summed E-state index contributed by atoms with van der Waals surface area (Å²) in [5.41, 5.74) is -0.0833. The highest BCUT2D eigenvalue weighted by atomic mass is 32.2. The molecular weight excluding hydrogens is 140 g/mol. The Bertz CT molecular complexity index is 176. The molecule has 0 saturated carbocycles. The summed E-state index contributed by atoms with van der Waals surface area (Å²) < 4.78 is 0. The van der Waals surface area contributed by atoms with Gasteiger partial charge in [0.15, 0.2) is 5.78 Å². The second kappa shape index (κ2) is 2.23. The van der Waals surface area contributed by atoms with Crippen molar-refractivity contribution in [2.75, 3.05) is 5.75 Å². The summed E-state index contributed by atoms with van der Waals surface area (Å²) in [6, 6.07) is 0. The maximum absolute atomic E-state index is 10.5. The van der Waals surface area contributed by atoms with E-state index in [1.807, 2.05) is 0 Å². The molecule has 9 heavy (non-hydrogen) atoms. The van der Waals surface area contributed by atoms with E-state index >= 15 is 0 Å². The van der Waals surface area contributed by atoms with Gasteiger partial charge < -0.3 is 5.11 Å². The molecule has 0 aliphatic carbocycles. The van der Waals surface area contributed by atoms with E-state index in [1.165, 1.54) is 0 Å². The van der Waals surface area contributed by atoms with Crippen LogP contribution in [0.15, 0.2) is 11.8 Å². The van der Waals surface area contributed by atoms with Crippen LogP contribution in [0.1, 0.15) is 0 Å². The molecule has 0 amide bonds. The molecule has 0 aromatic rings. The molecule has 1 aliphatic heterocycles. The van der Waals surface area contributed by atoms with Crippen molar-refractivity contribution in [2.45, 2.75) is 0 Å². The minimum atomic E-state index is -0.331. The Morgan fingerprint density at radius 3 is 2.44 bits per heavy atom. The third-order valence-electron chi connectivity index (χ3n) is 0.984. The molecule has 1 fully saturated rings. The molecule has 1 saturated heterocycles. The van der Waals surface area contributed by atoms with Gasteiger partial charge >= 0.3 is 0 Å². The number of hydrogen-bond donors (Lipinski definition) is 1. The van der Waals surface area contributed by atoms with E-state index in [-0.39, 0.29) is 22.2 Å². The van der Waals surface area contributed by atoms with Crippen LogP contribution in [0.2, 0.25) is 0 Å². The Kier molecular flexibility index (Phi) is 1.57. The third kappa shape index (κ3) is 0.977. The van der Waals surface area contributed by atoms with Gasteiger partial charge in [0.05, 0.1) is 12.0 Å². The van der Waals surface area contributed by atoms with Crippen molar-refractivity contribution >= 4 is 22.7 Å². The summed E-state index contributed by atoms with van der Waals surface area (Å²) in [6.45, 7) is 0. The smallest absolute Gasteiger partial charge is 0.226 e. The van der Waals surface area contributed by atoms with Crippen molar-refractivity contribution in [1.29, 1.82) is 0 Å². The number of ketones is 1. The van der Waals surface area contributed by atoms with Crippen LogP contribution in [-0.2, 0) is 9.59 Å². The van der Waals surface area contributed by atoms with Crippen LogP contribution in [0.3, 0.4) is 0 Å². The molecule has 1 aliphatic rings. The fraction of sp³-hybridized carbons (Fsp3) is 0.200. The first kappa shape index (κ1) is 6.35. The van der Waals surface area contributed by atoms with Gasteiger partial charge in [-0.05, 0) is 0 Å². The zero-order chi connectivity index (χ0) is 6.85. The lowest BCUT2D eigenvalue weighted by molar-refractivity contribution is -0.115. The van der Waals surface area contributed by atoms with Crippen molar-refractivity contribution in [3.63, 3.8) is 0 Å². The minimum absolute atomic E-state index is 0.0833. The van der Waals surface area contributed by atoms with Crippen molar-refractivity contribution in [1.82, 2.24) is 0 Å². The molecule has 48 valence electrons. The largest absolute Gasteiger partial charge is 0.515 e. The lowest BCUT2D eigenvalue weighted by Gasteiger charge is -1.82. The Hall–Kier alpha value is -0.770. The average molecular weight is 144 g/mol. The van der Waals surface area contributed by atoms with Gasteiger partial charge in [0.25, 0.3) is 0 Å². The van der Waals surface area contributed by atoms with Crippen LogP contribution >= 0.6 is 11.8 Å². The Labute approximate surface area is 55.7 Å². The number of Topliss-reactive ketones (excluding diaryl/α,β-unsaturated/α-hetero) is 1. The van der Waals surface area contributed by atoms with E-state index in [0.717, 1.165) is 11.8 Å². The standard InChI is InChI=1S/C5H4O3S/c6-1-3-4(7)2-9-5(3)8/h1,6H,2H2/b3-1+. The topological polar surface area (TPSA) is 54.4 Å². The number of carbonyl (C=O) groups is 2. The first-order valence-electron chi connectivity index (χ1n) is 2.30. The Morgan fingerprint density at radius 1 is 1.56 bits per heavy atom. The molecule has 1 heterocycles. The van der Waals surface area contributed by atoms with Crippen LogP contribution < -0.4 is 0 Å². The summed E-state index contributed by atoms with van der Waals surface area (Å²) in [5, 5.41) is 7.96. The molecule has 1 N–H and O–H groups in total. The first-order chi connectivity index (χ1) is 4.25. The predicted octanol–water partition coefficient (Wildman–Crippen LogP) is 0.271. The SMILES string of the molecule is O=C1CSC(=O)/C1=C/O. The summed E-state index contributed by atoms with van der Waals surface area (Å²) in [6.07, 6.45) is 0.574. The Balaban J connectivity index is 2.91. The molecular formula is C5H4O3S. The van der Waals surface area contributed by atoms with Crippen molar-refractivity contribution in [3.8, 4) is 0 Å². The van der Waals surface area contributed by atoms with Gasteiger partial charge in [0.2, 0.25) is 5.12 Å². The van der Waals surface area contributed by atoms with E-state index in [9.17, 15) is 9.59 Å². The summed E-state index contributed by atoms with van der Waals surface area (Å²) in [4.78, 5) is 21.1. The zero-order valence-corrected chi connectivity index (χ0v) is 5.27.